The number of hydrogen-bond donors (Lipinski definition) is 0. The van der Waals surface area contributed by atoms with Crippen molar-refractivity contribution in [3.05, 3.63) is 35.6 Å². The van der Waals surface area contributed by atoms with Crippen LogP contribution in [0.1, 0.15) is 23.7 Å². The number of carbonyl (C=O) groups is 1. The zero-order chi connectivity index (χ0) is 13.8. The van der Waals surface area contributed by atoms with Crippen LogP contribution in [0.5, 0.6) is 0 Å². The van der Waals surface area contributed by atoms with Gasteiger partial charge in [-0.05, 0) is 31.0 Å². The van der Waals surface area contributed by atoms with Crippen LogP contribution >= 0.6 is 0 Å². The van der Waals surface area contributed by atoms with Gasteiger partial charge in [0.1, 0.15) is 5.82 Å². The van der Waals surface area contributed by atoms with E-state index < -0.39 is 0 Å². The second kappa shape index (κ2) is 6.26. The predicted octanol–water partition coefficient (Wildman–Crippen LogP) is 2.37. The molecule has 1 aromatic rings. The molecule has 0 spiro atoms. The highest BCUT2D eigenvalue weighted by atomic mass is 19.1. The molecule has 2 atom stereocenters. The van der Waals surface area contributed by atoms with Gasteiger partial charge in [0.05, 0.1) is 12.6 Å². The number of ether oxygens (including phenoxy) is 1. The van der Waals surface area contributed by atoms with E-state index in [9.17, 15) is 9.18 Å². The monoisotopic (exact) mass is 265 g/mol. The normalized spacial score (nSPS) is 24.4. The highest BCUT2D eigenvalue weighted by Gasteiger charge is 2.27. The molecule has 0 saturated carbocycles. The molecule has 1 aromatic carbocycles. The first-order valence-electron chi connectivity index (χ1n) is 6.64. The number of ketones is 1. The van der Waals surface area contributed by atoms with Crippen LogP contribution in [0.25, 0.3) is 0 Å². The molecule has 0 N–H and O–H groups in total. The van der Waals surface area contributed by atoms with Crippen LogP contribution in [0, 0.1) is 11.7 Å². The maximum Gasteiger partial charge on any atom is 0.176 e. The molecule has 3 nitrogen and oxygen atoms in total. The second-order valence-electron chi connectivity index (χ2n) is 5.21. The smallest absolute Gasteiger partial charge is 0.176 e. The average molecular weight is 265 g/mol. The van der Waals surface area contributed by atoms with E-state index in [0.717, 1.165) is 19.5 Å². The summed E-state index contributed by atoms with van der Waals surface area (Å²) in [5.74, 6) is 0.113. The van der Waals surface area contributed by atoms with Crippen LogP contribution in [-0.2, 0) is 4.74 Å². The minimum Gasteiger partial charge on any atom is -0.380 e. The summed E-state index contributed by atoms with van der Waals surface area (Å²) in [5.41, 5.74) is 0.438. The minimum absolute atomic E-state index is 0.0380. The Labute approximate surface area is 113 Å². The number of carbonyl (C=O) groups excluding carboxylic acids is 1. The van der Waals surface area contributed by atoms with Gasteiger partial charge in [0.2, 0.25) is 0 Å². The van der Waals surface area contributed by atoms with Crippen LogP contribution in [0.3, 0.4) is 0 Å². The molecule has 104 valence electrons. The Morgan fingerprint density at radius 1 is 1.53 bits per heavy atom. The van der Waals surface area contributed by atoms with Crippen molar-refractivity contribution in [2.75, 3.05) is 26.7 Å². The van der Waals surface area contributed by atoms with Crippen molar-refractivity contribution in [3.63, 3.8) is 0 Å². The van der Waals surface area contributed by atoms with Gasteiger partial charge in [-0.3, -0.25) is 9.69 Å². The summed E-state index contributed by atoms with van der Waals surface area (Å²) in [4.78, 5) is 14.2. The quantitative estimate of drug-likeness (QED) is 0.783. The lowest BCUT2D eigenvalue weighted by molar-refractivity contribution is -0.00324. The van der Waals surface area contributed by atoms with Gasteiger partial charge in [-0.2, -0.15) is 0 Å². The molecule has 2 unspecified atom stereocenters. The first-order chi connectivity index (χ1) is 9.10. The highest BCUT2D eigenvalue weighted by molar-refractivity contribution is 5.97. The molecule has 1 heterocycles. The summed E-state index contributed by atoms with van der Waals surface area (Å²) in [7, 11) is 1.71. The molecule has 0 aliphatic carbocycles. The zero-order valence-electron chi connectivity index (χ0n) is 11.4. The number of rotatable bonds is 4. The lowest BCUT2D eigenvalue weighted by Crippen LogP contribution is -2.45. The largest absolute Gasteiger partial charge is 0.380 e. The molecule has 0 radical (unpaired) electrons. The van der Waals surface area contributed by atoms with Crippen molar-refractivity contribution >= 4 is 5.78 Å². The van der Waals surface area contributed by atoms with Gasteiger partial charge in [-0.1, -0.05) is 19.1 Å². The molecule has 2 rings (SSSR count). The predicted molar refractivity (Wildman–Crippen MR) is 71.7 cm³/mol. The van der Waals surface area contributed by atoms with Gasteiger partial charge in [0, 0.05) is 19.2 Å². The van der Waals surface area contributed by atoms with E-state index in [1.165, 1.54) is 12.1 Å². The van der Waals surface area contributed by atoms with Crippen molar-refractivity contribution in [2.24, 2.45) is 5.92 Å². The average Bonchev–Trinajstić information content (AvgIpc) is 2.41. The number of likely N-dealkylation sites (tertiary alicyclic amines) is 1. The van der Waals surface area contributed by atoms with Gasteiger partial charge in [0.25, 0.3) is 0 Å². The van der Waals surface area contributed by atoms with E-state index >= 15 is 0 Å². The number of methoxy groups -OCH3 is 1. The van der Waals surface area contributed by atoms with E-state index in [1.807, 2.05) is 0 Å². The van der Waals surface area contributed by atoms with Crippen LogP contribution in [0.15, 0.2) is 24.3 Å². The Bertz CT molecular complexity index is 450. The third-order valence-corrected chi connectivity index (χ3v) is 3.79. The van der Waals surface area contributed by atoms with E-state index in [0.29, 0.717) is 18.0 Å². The molecule has 1 saturated heterocycles. The molecular weight excluding hydrogens is 245 g/mol. The Kier molecular flexibility index (Phi) is 4.66. The Balaban J connectivity index is 1.96. The molecule has 19 heavy (non-hydrogen) atoms. The fraction of sp³-hybridized carbons (Fsp3) is 0.533. The van der Waals surface area contributed by atoms with Gasteiger partial charge >= 0.3 is 0 Å². The summed E-state index contributed by atoms with van der Waals surface area (Å²) in [6.07, 6.45) is 1.20. The van der Waals surface area contributed by atoms with Gasteiger partial charge in [-0.25, -0.2) is 4.39 Å². The van der Waals surface area contributed by atoms with Crippen molar-refractivity contribution in [2.45, 2.75) is 19.4 Å². The first kappa shape index (κ1) is 14.2. The van der Waals surface area contributed by atoms with E-state index in [2.05, 4.69) is 11.8 Å². The fourth-order valence-electron chi connectivity index (χ4n) is 2.50. The number of benzene rings is 1. The number of hydrogen-bond acceptors (Lipinski definition) is 3. The number of piperidine rings is 1. The summed E-state index contributed by atoms with van der Waals surface area (Å²) >= 11 is 0. The van der Waals surface area contributed by atoms with Crippen LogP contribution in [0.2, 0.25) is 0 Å². The summed E-state index contributed by atoms with van der Waals surface area (Å²) in [5, 5.41) is 0. The van der Waals surface area contributed by atoms with Gasteiger partial charge in [0.15, 0.2) is 5.78 Å². The van der Waals surface area contributed by atoms with E-state index in [1.54, 1.807) is 19.2 Å². The maximum absolute atomic E-state index is 13.1. The van der Waals surface area contributed by atoms with Crippen LogP contribution < -0.4 is 0 Å². The lowest BCUT2D eigenvalue weighted by Gasteiger charge is -2.35. The van der Waals surface area contributed by atoms with Gasteiger partial charge < -0.3 is 4.74 Å². The topological polar surface area (TPSA) is 29.5 Å². The van der Waals surface area contributed by atoms with Crippen LogP contribution in [0.4, 0.5) is 4.39 Å². The lowest BCUT2D eigenvalue weighted by atomic mass is 9.95. The minimum atomic E-state index is -0.368. The molecule has 0 amide bonds. The van der Waals surface area contributed by atoms with E-state index in [4.69, 9.17) is 4.74 Å². The molecule has 4 heteroatoms. The van der Waals surface area contributed by atoms with Crippen molar-refractivity contribution in [1.82, 2.24) is 4.90 Å². The van der Waals surface area contributed by atoms with E-state index in [-0.39, 0.29) is 17.7 Å². The third kappa shape index (κ3) is 3.61. The molecular formula is C15H20FNO2. The zero-order valence-corrected chi connectivity index (χ0v) is 11.4. The molecule has 1 fully saturated rings. The summed E-state index contributed by atoms with van der Waals surface area (Å²) < 4.78 is 18.5. The van der Waals surface area contributed by atoms with Crippen LogP contribution in [-0.4, -0.2) is 43.5 Å². The molecule has 0 bridgehead atoms. The summed E-state index contributed by atoms with van der Waals surface area (Å²) in [6.45, 7) is 4.15. The Morgan fingerprint density at radius 3 is 3.00 bits per heavy atom. The number of Topliss-reactive ketones (excluding diaryl/α,β-unsaturated/α-hetero) is 1. The first-order valence-corrected chi connectivity index (χ1v) is 6.64. The Hall–Kier alpha value is -1.26. The maximum atomic E-state index is 13.1. The molecule has 1 aliphatic rings. The summed E-state index contributed by atoms with van der Waals surface area (Å²) in [6, 6.07) is 5.87. The number of nitrogens with zero attached hydrogens (tertiary/aromatic N) is 1. The van der Waals surface area contributed by atoms with Crippen molar-refractivity contribution in [1.29, 1.82) is 0 Å². The Morgan fingerprint density at radius 2 is 2.32 bits per heavy atom. The third-order valence-electron chi connectivity index (χ3n) is 3.79. The van der Waals surface area contributed by atoms with Crippen molar-refractivity contribution in [3.8, 4) is 0 Å². The second-order valence-corrected chi connectivity index (χ2v) is 5.21. The number of halogens is 1. The van der Waals surface area contributed by atoms with Crippen molar-refractivity contribution < 1.29 is 13.9 Å². The SMILES string of the molecule is COC1CN(CC(=O)c2cccc(F)c2)CCC1C. The molecule has 1 aliphatic heterocycles. The standard InChI is InChI=1S/C15H20FNO2/c1-11-6-7-17(10-15(11)19-2)9-14(18)12-4-3-5-13(16)8-12/h3-5,8,11,15H,6-7,9-10H2,1-2H3. The molecule has 0 aromatic heterocycles. The fourth-order valence-corrected chi connectivity index (χ4v) is 2.50. The highest BCUT2D eigenvalue weighted by Crippen LogP contribution is 2.19. The van der Waals surface area contributed by atoms with Gasteiger partial charge in [-0.15, -0.1) is 0 Å².